The Kier molecular flexibility index (Phi) is 5.57. The van der Waals surface area contributed by atoms with E-state index in [-0.39, 0.29) is 18.7 Å². The first-order valence-corrected chi connectivity index (χ1v) is 6.79. The molecular weight excluding hydrogens is 278 g/mol. The number of hydrogen-bond acceptors (Lipinski definition) is 3. The zero-order chi connectivity index (χ0) is 15.3. The molecule has 0 fully saturated rings. The van der Waals surface area contributed by atoms with Crippen molar-refractivity contribution < 1.29 is 14.3 Å². The third-order valence-corrected chi connectivity index (χ3v) is 2.88. The highest BCUT2D eigenvalue weighted by Gasteiger charge is 2.16. The molecule has 1 amide bonds. The van der Waals surface area contributed by atoms with Crippen LogP contribution in [0.3, 0.4) is 0 Å². The van der Waals surface area contributed by atoms with Crippen LogP contribution >= 0.6 is 11.6 Å². The van der Waals surface area contributed by atoms with Crippen LogP contribution in [0.25, 0.3) is 0 Å². The third kappa shape index (κ3) is 6.06. The van der Waals surface area contributed by atoms with Crippen LogP contribution in [0.4, 0.5) is 4.79 Å². The van der Waals surface area contributed by atoms with Crippen molar-refractivity contribution in [2.24, 2.45) is 0 Å². The SMILES string of the molecule is Cc1cc(CC(=O)CNC(=O)OC(C)(C)C)ccc1Cl. The van der Waals surface area contributed by atoms with Crippen LogP contribution in [-0.4, -0.2) is 24.0 Å². The number of aryl methyl sites for hydroxylation is 1. The van der Waals surface area contributed by atoms with Gasteiger partial charge in [-0.15, -0.1) is 0 Å². The maximum Gasteiger partial charge on any atom is 0.408 e. The first-order chi connectivity index (χ1) is 9.17. The van der Waals surface area contributed by atoms with Gasteiger partial charge in [0.15, 0.2) is 5.78 Å². The number of carbonyl (C=O) groups excluding carboxylic acids is 2. The largest absolute Gasteiger partial charge is 0.444 e. The lowest BCUT2D eigenvalue weighted by Crippen LogP contribution is -2.35. The number of carbonyl (C=O) groups is 2. The van der Waals surface area contributed by atoms with Crippen molar-refractivity contribution in [3.05, 3.63) is 34.3 Å². The number of nitrogens with one attached hydrogen (secondary N) is 1. The molecule has 0 saturated carbocycles. The highest BCUT2D eigenvalue weighted by Crippen LogP contribution is 2.16. The Morgan fingerprint density at radius 2 is 1.95 bits per heavy atom. The molecule has 0 aromatic heterocycles. The molecule has 0 aliphatic carbocycles. The van der Waals surface area contributed by atoms with Gasteiger partial charge in [0.05, 0.1) is 6.54 Å². The van der Waals surface area contributed by atoms with E-state index in [9.17, 15) is 9.59 Å². The Hall–Kier alpha value is -1.55. The lowest BCUT2D eigenvalue weighted by molar-refractivity contribution is -0.117. The summed E-state index contributed by atoms with van der Waals surface area (Å²) in [5.41, 5.74) is 1.24. The smallest absolute Gasteiger partial charge is 0.408 e. The maximum absolute atomic E-state index is 11.8. The highest BCUT2D eigenvalue weighted by molar-refractivity contribution is 6.31. The van der Waals surface area contributed by atoms with E-state index < -0.39 is 11.7 Å². The fraction of sp³-hybridized carbons (Fsp3) is 0.467. The van der Waals surface area contributed by atoms with E-state index >= 15 is 0 Å². The van der Waals surface area contributed by atoms with Crippen molar-refractivity contribution in [1.82, 2.24) is 5.32 Å². The number of ether oxygens (including phenoxy) is 1. The number of hydrogen-bond donors (Lipinski definition) is 1. The highest BCUT2D eigenvalue weighted by atomic mass is 35.5. The lowest BCUT2D eigenvalue weighted by Gasteiger charge is -2.19. The summed E-state index contributed by atoms with van der Waals surface area (Å²) >= 11 is 5.92. The molecule has 0 aliphatic rings. The van der Waals surface area contributed by atoms with Gasteiger partial charge in [-0.25, -0.2) is 4.79 Å². The fourth-order valence-electron chi connectivity index (χ4n) is 1.59. The van der Waals surface area contributed by atoms with E-state index in [4.69, 9.17) is 16.3 Å². The molecule has 0 spiro atoms. The molecular formula is C15H20ClNO3. The first-order valence-electron chi connectivity index (χ1n) is 6.41. The van der Waals surface area contributed by atoms with Crippen molar-refractivity contribution in [2.75, 3.05) is 6.54 Å². The van der Waals surface area contributed by atoms with E-state index in [1.807, 2.05) is 13.0 Å². The standard InChI is InChI=1S/C15H20ClNO3/c1-10-7-11(5-6-13(10)16)8-12(18)9-17-14(19)20-15(2,3)4/h5-7H,8-9H2,1-4H3,(H,17,19). The van der Waals surface area contributed by atoms with Crippen LogP contribution in [0.15, 0.2) is 18.2 Å². The first kappa shape index (κ1) is 16.5. The summed E-state index contributed by atoms with van der Waals surface area (Å²) in [7, 11) is 0. The summed E-state index contributed by atoms with van der Waals surface area (Å²) < 4.78 is 5.05. The number of rotatable bonds is 4. The minimum atomic E-state index is -0.585. The molecule has 110 valence electrons. The van der Waals surface area contributed by atoms with E-state index in [1.54, 1.807) is 32.9 Å². The molecule has 4 nitrogen and oxygen atoms in total. The van der Waals surface area contributed by atoms with E-state index in [2.05, 4.69) is 5.32 Å². The Bertz CT molecular complexity index is 506. The summed E-state index contributed by atoms with van der Waals surface area (Å²) in [5, 5.41) is 3.12. The Morgan fingerprint density at radius 1 is 1.30 bits per heavy atom. The summed E-state index contributed by atoms with van der Waals surface area (Å²) in [6.45, 7) is 7.15. The molecule has 1 aromatic carbocycles. The summed E-state index contributed by atoms with van der Waals surface area (Å²) in [5.74, 6) is -0.0856. The van der Waals surface area contributed by atoms with E-state index in [1.165, 1.54) is 0 Å². The lowest BCUT2D eigenvalue weighted by atomic mass is 10.1. The van der Waals surface area contributed by atoms with Gasteiger partial charge in [-0.05, 0) is 44.9 Å². The summed E-state index contributed by atoms with van der Waals surface area (Å²) in [6, 6.07) is 5.44. The zero-order valence-corrected chi connectivity index (χ0v) is 13.0. The van der Waals surface area contributed by atoms with E-state index in [0.717, 1.165) is 11.1 Å². The molecule has 0 bridgehead atoms. The van der Waals surface area contributed by atoms with Gasteiger partial charge in [0.1, 0.15) is 5.60 Å². The van der Waals surface area contributed by atoms with Crippen molar-refractivity contribution in [1.29, 1.82) is 0 Å². The molecule has 1 N–H and O–H groups in total. The van der Waals surface area contributed by atoms with Crippen molar-refractivity contribution in [3.63, 3.8) is 0 Å². The van der Waals surface area contributed by atoms with Crippen LogP contribution in [0.5, 0.6) is 0 Å². The van der Waals surface area contributed by atoms with Gasteiger partial charge >= 0.3 is 6.09 Å². The van der Waals surface area contributed by atoms with Gasteiger partial charge in [-0.1, -0.05) is 23.7 Å². The molecule has 1 aromatic rings. The van der Waals surface area contributed by atoms with Crippen molar-refractivity contribution >= 4 is 23.5 Å². The second-order valence-corrected chi connectivity index (χ2v) is 6.06. The predicted octanol–water partition coefficient (Wildman–Crippen LogP) is 3.28. The summed E-state index contributed by atoms with van der Waals surface area (Å²) in [4.78, 5) is 23.2. The monoisotopic (exact) mass is 297 g/mol. The fourth-order valence-corrected chi connectivity index (χ4v) is 1.71. The molecule has 5 heteroatoms. The van der Waals surface area contributed by atoms with Gasteiger partial charge in [-0.2, -0.15) is 0 Å². The van der Waals surface area contributed by atoms with Crippen LogP contribution in [0.1, 0.15) is 31.9 Å². The minimum Gasteiger partial charge on any atom is -0.444 e. The quantitative estimate of drug-likeness (QED) is 0.928. The van der Waals surface area contributed by atoms with Crippen molar-refractivity contribution in [3.8, 4) is 0 Å². The molecule has 0 heterocycles. The van der Waals surface area contributed by atoms with Gasteiger partial charge < -0.3 is 10.1 Å². The number of ketones is 1. The average molecular weight is 298 g/mol. The molecule has 0 unspecified atom stereocenters. The minimum absolute atomic E-state index is 0.0451. The second-order valence-electron chi connectivity index (χ2n) is 5.65. The van der Waals surface area contributed by atoms with E-state index in [0.29, 0.717) is 5.02 Å². The molecule has 20 heavy (non-hydrogen) atoms. The molecule has 0 atom stereocenters. The van der Waals surface area contributed by atoms with Gasteiger partial charge in [0.2, 0.25) is 0 Å². The zero-order valence-electron chi connectivity index (χ0n) is 12.2. The number of Topliss-reactive ketones (excluding diaryl/α,β-unsaturated/α-hetero) is 1. The van der Waals surface area contributed by atoms with Gasteiger partial charge in [-0.3, -0.25) is 4.79 Å². The number of alkyl carbamates (subject to hydrolysis) is 1. The number of halogens is 1. The number of amides is 1. The molecule has 0 radical (unpaired) electrons. The van der Waals surface area contributed by atoms with Crippen molar-refractivity contribution in [2.45, 2.75) is 39.7 Å². The maximum atomic E-state index is 11.8. The summed E-state index contributed by atoms with van der Waals surface area (Å²) in [6.07, 6.45) is -0.327. The van der Waals surface area contributed by atoms with Crippen LogP contribution in [0, 0.1) is 6.92 Å². The Balaban J connectivity index is 2.44. The number of benzene rings is 1. The average Bonchev–Trinajstić information content (AvgIpc) is 2.29. The normalized spacial score (nSPS) is 11.1. The molecule has 1 rings (SSSR count). The Labute approximate surface area is 124 Å². The van der Waals surface area contributed by atoms with Crippen LogP contribution in [0.2, 0.25) is 5.02 Å². The third-order valence-electron chi connectivity index (χ3n) is 2.45. The Morgan fingerprint density at radius 3 is 2.50 bits per heavy atom. The molecule has 0 aliphatic heterocycles. The van der Waals surface area contributed by atoms with Gasteiger partial charge in [0, 0.05) is 11.4 Å². The topological polar surface area (TPSA) is 55.4 Å². The predicted molar refractivity (Wildman–Crippen MR) is 79.1 cm³/mol. The van der Waals surface area contributed by atoms with Gasteiger partial charge in [0.25, 0.3) is 0 Å². The molecule has 0 saturated heterocycles. The second kappa shape index (κ2) is 6.75. The van der Waals surface area contributed by atoms with Crippen LogP contribution in [-0.2, 0) is 16.0 Å². The van der Waals surface area contributed by atoms with Crippen LogP contribution < -0.4 is 5.32 Å².